The van der Waals surface area contributed by atoms with Crippen LogP contribution in [-0.2, 0) is 0 Å². The van der Waals surface area contributed by atoms with E-state index in [0.29, 0.717) is 0 Å². The van der Waals surface area contributed by atoms with Gasteiger partial charge in [-0.2, -0.15) is 4.73 Å². The molecule has 2 rings (SSSR count). The zero-order valence-electron chi connectivity index (χ0n) is 8.40. The van der Waals surface area contributed by atoms with Crippen LogP contribution in [0.1, 0.15) is 13.8 Å². The summed E-state index contributed by atoms with van der Waals surface area (Å²) in [5, 5.41) is 1.04. The second kappa shape index (κ2) is 3.25. The van der Waals surface area contributed by atoms with Crippen LogP contribution in [0.15, 0.2) is 30.5 Å². The highest BCUT2D eigenvalue weighted by atomic mass is 16.7. The Morgan fingerprint density at radius 2 is 2.07 bits per heavy atom. The quantitative estimate of drug-likeness (QED) is 0.736. The lowest BCUT2D eigenvalue weighted by atomic mass is 10.2. The fourth-order valence-electron chi connectivity index (χ4n) is 1.49. The van der Waals surface area contributed by atoms with Gasteiger partial charge in [-0.15, -0.1) is 0 Å². The van der Waals surface area contributed by atoms with Crippen molar-refractivity contribution in [2.24, 2.45) is 0 Å². The van der Waals surface area contributed by atoms with E-state index in [1.165, 1.54) is 0 Å². The number of rotatable bonds is 2. The zero-order chi connectivity index (χ0) is 10.1. The van der Waals surface area contributed by atoms with Gasteiger partial charge in [-0.05, 0) is 32.0 Å². The highest BCUT2D eigenvalue weighted by Gasteiger charge is 2.04. The molecule has 0 unspecified atom stereocenters. The smallest absolute Gasteiger partial charge is 0.119 e. The maximum atomic E-state index is 5.83. The Balaban J connectivity index is 2.52. The van der Waals surface area contributed by atoms with Gasteiger partial charge in [-0.3, -0.25) is 0 Å². The Morgan fingerprint density at radius 1 is 1.29 bits per heavy atom. The zero-order valence-corrected chi connectivity index (χ0v) is 8.40. The Labute approximate surface area is 83.0 Å². The van der Waals surface area contributed by atoms with Crippen molar-refractivity contribution in [3.8, 4) is 0 Å². The minimum absolute atomic E-state index is 0.159. The second-order valence-electron chi connectivity index (χ2n) is 3.58. The molecule has 0 spiro atoms. The Bertz CT molecular complexity index is 445. The number of nitrogens with two attached hydrogens (primary N) is 1. The SMILES string of the molecule is CC(C)On1ccc2c(N)cccc21. The summed E-state index contributed by atoms with van der Waals surface area (Å²) in [6.45, 7) is 4.00. The molecule has 0 radical (unpaired) electrons. The first-order chi connectivity index (χ1) is 6.68. The van der Waals surface area contributed by atoms with E-state index < -0.39 is 0 Å². The van der Waals surface area contributed by atoms with Crippen molar-refractivity contribution in [1.82, 2.24) is 4.73 Å². The van der Waals surface area contributed by atoms with Crippen LogP contribution in [0.4, 0.5) is 5.69 Å². The summed E-state index contributed by atoms with van der Waals surface area (Å²) in [5.74, 6) is 0. The van der Waals surface area contributed by atoms with Crippen LogP contribution < -0.4 is 10.6 Å². The standard InChI is InChI=1S/C11H14N2O/c1-8(2)14-13-7-6-9-10(12)4-3-5-11(9)13/h3-8H,12H2,1-2H3. The summed E-state index contributed by atoms with van der Waals surface area (Å²) in [5.41, 5.74) is 7.63. The predicted molar refractivity (Wildman–Crippen MR) is 58.1 cm³/mol. The van der Waals surface area contributed by atoms with Crippen LogP contribution in [0.5, 0.6) is 0 Å². The van der Waals surface area contributed by atoms with Gasteiger partial charge in [0.2, 0.25) is 0 Å². The monoisotopic (exact) mass is 190 g/mol. The largest absolute Gasteiger partial charge is 0.411 e. The van der Waals surface area contributed by atoms with Crippen LogP contribution in [0, 0.1) is 0 Å². The molecule has 2 N–H and O–H groups in total. The summed E-state index contributed by atoms with van der Waals surface area (Å²) >= 11 is 0. The highest BCUT2D eigenvalue weighted by molar-refractivity contribution is 5.90. The van der Waals surface area contributed by atoms with Gasteiger partial charge in [-0.25, -0.2) is 0 Å². The first-order valence-electron chi connectivity index (χ1n) is 4.71. The van der Waals surface area contributed by atoms with Crippen molar-refractivity contribution < 1.29 is 4.84 Å². The topological polar surface area (TPSA) is 40.2 Å². The van der Waals surface area contributed by atoms with E-state index in [1.807, 2.05) is 44.3 Å². The summed E-state index contributed by atoms with van der Waals surface area (Å²) < 4.78 is 1.76. The van der Waals surface area contributed by atoms with E-state index in [1.54, 1.807) is 4.73 Å². The normalized spacial score (nSPS) is 11.1. The van der Waals surface area contributed by atoms with E-state index in [9.17, 15) is 0 Å². The number of nitrogens with zero attached hydrogens (tertiary/aromatic N) is 1. The third-order valence-electron chi connectivity index (χ3n) is 2.06. The molecule has 1 aromatic carbocycles. The third kappa shape index (κ3) is 1.41. The van der Waals surface area contributed by atoms with E-state index in [-0.39, 0.29) is 6.10 Å². The van der Waals surface area contributed by atoms with Crippen molar-refractivity contribution in [3.63, 3.8) is 0 Å². The maximum Gasteiger partial charge on any atom is 0.119 e. The molecular weight excluding hydrogens is 176 g/mol. The first-order valence-corrected chi connectivity index (χ1v) is 4.71. The molecule has 1 heterocycles. The molecular formula is C11H14N2O. The van der Waals surface area contributed by atoms with Gasteiger partial charge in [0, 0.05) is 17.3 Å². The molecule has 0 saturated heterocycles. The average molecular weight is 190 g/mol. The maximum absolute atomic E-state index is 5.83. The van der Waals surface area contributed by atoms with Crippen molar-refractivity contribution in [3.05, 3.63) is 30.5 Å². The summed E-state index contributed by atoms with van der Waals surface area (Å²) in [7, 11) is 0. The Hall–Kier alpha value is -1.64. The minimum Gasteiger partial charge on any atom is -0.411 e. The summed E-state index contributed by atoms with van der Waals surface area (Å²) in [6, 6.07) is 7.78. The van der Waals surface area contributed by atoms with Crippen molar-refractivity contribution >= 4 is 16.6 Å². The molecule has 14 heavy (non-hydrogen) atoms. The number of fused-ring (bicyclic) bond motifs is 1. The van der Waals surface area contributed by atoms with Crippen LogP contribution in [0.2, 0.25) is 0 Å². The van der Waals surface area contributed by atoms with Gasteiger partial charge in [0.15, 0.2) is 0 Å². The average Bonchev–Trinajstić information content (AvgIpc) is 2.49. The molecule has 3 nitrogen and oxygen atoms in total. The fourth-order valence-corrected chi connectivity index (χ4v) is 1.49. The van der Waals surface area contributed by atoms with Gasteiger partial charge >= 0.3 is 0 Å². The first kappa shape index (κ1) is 8.94. The van der Waals surface area contributed by atoms with E-state index >= 15 is 0 Å². The Morgan fingerprint density at radius 3 is 2.79 bits per heavy atom. The van der Waals surface area contributed by atoms with Gasteiger partial charge in [-0.1, -0.05) is 6.07 Å². The molecule has 0 amide bonds. The third-order valence-corrected chi connectivity index (χ3v) is 2.06. The summed E-state index contributed by atoms with van der Waals surface area (Å²) in [6.07, 6.45) is 2.05. The van der Waals surface area contributed by atoms with Crippen molar-refractivity contribution in [2.75, 3.05) is 5.73 Å². The number of hydrogen-bond acceptors (Lipinski definition) is 2. The van der Waals surface area contributed by atoms with E-state index in [2.05, 4.69) is 0 Å². The molecule has 0 aliphatic heterocycles. The summed E-state index contributed by atoms with van der Waals surface area (Å²) in [4.78, 5) is 5.58. The number of aromatic nitrogens is 1. The minimum atomic E-state index is 0.159. The van der Waals surface area contributed by atoms with Gasteiger partial charge in [0.1, 0.15) is 6.10 Å². The van der Waals surface area contributed by atoms with Gasteiger partial charge in [0.05, 0.1) is 5.52 Å². The molecule has 3 heteroatoms. The molecule has 2 aromatic rings. The molecule has 0 bridgehead atoms. The molecule has 0 atom stereocenters. The van der Waals surface area contributed by atoms with Crippen LogP contribution in [-0.4, -0.2) is 10.8 Å². The van der Waals surface area contributed by atoms with Crippen LogP contribution in [0.3, 0.4) is 0 Å². The number of nitrogen functional groups attached to an aromatic ring is 1. The van der Waals surface area contributed by atoms with Crippen LogP contribution >= 0.6 is 0 Å². The van der Waals surface area contributed by atoms with Gasteiger partial charge < -0.3 is 10.6 Å². The van der Waals surface area contributed by atoms with E-state index in [4.69, 9.17) is 10.6 Å². The predicted octanol–water partition coefficient (Wildman–Crippen LogP) is 2.06. The van der Waals surface area contributed by atoms with Crippen molar-refractivity contribution in [1.29, 1.82) is 0 Å². The Kier molecular flexibility index (Phi) is 2.08. The number of hydrogen-bond donors (Lipinski definition) is 1. The molecule has 1 aromatic heterocycles. The lowest BCUT2D eigenvalue weighted by Crippen LogP contribution is -2.17. The molecule has 74 valence electrons. The second-order valence-corrected chi connectivity index (χ2v) is 3.58. The fraction of sp³-hybridized carbons (Fsp3) is 0.273. The van der Waals surface area contributed by atoms with Crippen LogP contribution in [0.25, 0.3) is 10.9 Å². The lowest BCUT2D eigenvalue weighted by Gasteiger charge is -2.11. The highest BCUT2D eigenvalue weighted by Crippen LogP contribution is 2.21. The molecule has 0 fully saturated rings. The van der Waals surface area contributed by atoms with Gasteiger partial charge in [0.25, 0.3) is 0 Å². The van der Waals surface area contributed by atoms with E-state index in [0.717, 1.165) is 16.6 Å². The molecule has 0 aliphatic carbocycles. The van der Waals surface area contributed by atoms with Crippen molar-refractivity contribution in [2.45, 2.75) is 20.0 Å². The lowest BCUT2D eigenvalue weighted by molar-refractivity contribution is 0.0686. The number of benzene rings is 1. The molecule has 0 saturated carbocycles. The number of anilines is 1. The molecule has 0 aliphatic rings.